The lowest BCUT2D eigenvalue weighted by Gasteiger charge is -2.17. The lowest BCUT2D eigenvalue weighted by atomic mass is 10.0. The van der Waals surface area contributed by atoms with Crippen LogP contribution in [0.4, 0.5) is 5.69 Å². The summed E-state index contributed by atoms with van der Waals surface area (Å²) in [4.78, 5) is 0. The van der Waals surface area contributed by atoms with Crippen LogP contribution in [0.15, 0.2) is 48.5 Å². The zero-order valence-corrected chi connectivity index (χ0v) is 13.7. The van der Waals surface area contributed by atoms with E-state index in [0.717, 1.165) is 0 Å². The molecule has 0 radical (unpaired) electrons. The maximum absolute atomic E-state index is 2.69. The van der Waals surface area contributed by atoms with Crippen molar-refractivity contribution in [2.24, 2.45) is 0 Å². The third kappa shape index (κ3) is 3.78. The number of unbranched alkanes of at least 4 members (excludes halogenated alkanes) is 1. The maximum Gasteiger partial charge on any atom is 0.0502 e. The molecule has 0 aromatic heterocycles. The van der Waals surface area contributed by atoms with Crippen molar-refractivity contribution in [3.63, 3.8) is 0 Å². The standard InChI is InChI=1S/C16H21NP2/c1-2-3-6-13-9-11-14(12-10-13)15-7-4-5-8-16(15)17(18)19/h4-5,7-12H,2-3,6,18-19H2,1H3. The summed E-state index contributed by atoms with van der Waals surface area (Å²) in [5.41, 5.74) is 5.15. The van der Waals surface area contributed by atoms with Gasteiger partial charge >= 0.3 is 0 Å². The molecule has 100 valence electrons. The lowest BCUT2D eigenvalue weighted by Crippen LogP contribution is -1.93. The average Bonchev–Trinajstić information content (AvgIpc) is 2.45. The van der Waals surface area contributed by atoms with Gasteiger partial charge in [0, 0.05) is 5.56 Å². The lowest BCUT2D eigenvalue weighted by molar-refractivity contribution is 0.795. The Balaban J connectivity index is 2.27. The fraction of sp³-hybridized carbons (Fsp3) is 0.250. The van der Waals surface area contributed by atoms with Gasteiger partial charge in [-0.3, -0.25) is 0 Å². The third-order valence-corrected chi connectivity index (χ3v) is 3.82. The molecule has 2 atom stereocenters. The van der Waals surface area contributed by atoms with Gasteiger partial charge < -0.3 is 4.44 Å². The Morgan fingerprint density at radius 3 is 2.26 bits per heavy atom. The molecule has 0 aliphatic heterocycles. The van der Waals surface area contributed by atoms with Crippen molar-refractivity contribution in [1.29, 1.82) is 0 Å². The smallest absolute Gasteiger partial charge is 0.0502 e. The Labute approximate surface area is 120 Å². The van der Waals surface area contributed by atoms with Crippen LogP contribution in [-0.4, -0.2) is 0 Å². The topological polar surface area (TPSA) is 3.24 Å². The quantitative estimate of drug-likeness (QED) is 0.693. The average molecular weight is 289 g/mol. The van der Waals surface area contributed by atoms with Crippen LogP contribution in [0.25, 0.3) is 11.1 Å². The normalized spacial score (nSPS) is 10.5. The molecule has 3 heteroatoms. The summed E-state index contributed by atoms with van der Waals surface area (Å²) in [6.07, 6.45) is 3.69. The Hall–Kier alpha value is -0.900. The number of rotatable bonds is 5. The number of benzene rings is 2. The number of anilines is 1. The predicted molar refractivity (Wildman–Crippen MR) is 92.4 cm³/mol. The molecule has 0 bridgehead atoms. The van der Waals surface area contributed by atoms with E-state index in [1.165, 1.54) is 41.6 Å². The molecule has 2 aromatic carbocycles. The van der Waals surface area contributed by atoms with Crippen LogP contribution in [0.3, 0.4) is 0 Å². The fourth-order valence-electron chi connectivity index (χ4n) is 2.17. The van der Waals surface area contributed by atoms with Gasteiger partial charge in [-0.05, 0) is 48.8 Å². The molecule has 0 amide bonds. The molecular weight excluding hydrogens is 268 g/mol. The molecule has 0 aliphatic rings. The van der Waals surface area contributed by atoms with Crippen molar-refractivity contribution in [2.75, 3.05) is 4.44 Å². The number of nitrogens with zero attached hydrogens (tertiary/aromatic N) is 1. The molecular formula is C16H21NP2. The van der Waals surface area contributed by atoms with Crippen molar-refractivity contribution in [3.05, 3.63) is 54.1 Å². The Morgan fingerprint density at radius 1 is 0.947 bits per heavy atom. The Morgan fingerprint density at radius 2 is 1.63 bits per heavy atom. The van der Waals surface area contributed by atoms with Crippen LogP contribution in [0.1, 0.15) is 25.3 Å². The second kappa shape index (κ2) is 7.04. The van der Waals surface area contributed by atoms with Crippen molar-refractivity contribution in [1.82, 2.24) is 0 Å². The van der Waals surface area contributed by atoms with E-state index in [1.807, 2.05) is 4.44 Å². The first kappa shape index (κ1) is 14.5. The minimum absolute atomic E-state index is 1.18. The van der Waals surface area contributed by atoms with E-state index in [2.05, 4.69) is 74.2 Å². The minimum Gasteiger partial charge on any atom is -0.340 e. The van der Waals surface area contributed by atoms with E-state index in [9.17, 15) is 0 Å². The number of para-hydroxylation sites is 1. The van der Waals surface area contributed by atoms with E-state index in [4.69, 9.17) is 0 Å². The molecule has 2 aromatic rings. The van der Waals surface area contributed by atoms with Gasteiger partial charge in [-0.2, -0.15) is 0 Å². The first-order valence-electron chi connectivity index (χ1n) is 6.70. The van der Waals surface area contributed by atoms with Crippen molar-refractivity contribution in [2.45, 2.75) is 26.2 Å². The summed E-state index contributed by atoms with van der Waals surface area (Å²) < 4.78 is 2.00. The monoisotopic (exact) mass is 289 g/mol. The van der Waals surface area contributed by atoms with Gasteiger partial charge in [-0.1, -0.05) is 55.8 Å². The largest absolute Gasteiger partial charge is 0.340 e. The van der Waals surface area contributed by atoms with E-state index < -0.39 is 0 Å². The van der Waals surface area contributed by atoms with Crippen molar-refractivity contribution < 1.29 is 0 Å². The molecule has 2 rings (SSSR count). The van der Waals surface area contributed by atoms with Crippen molar-refractivity contribution >= 4 is 24.5 Å². The van der Waals surface area contributed by atoms with Crippen LogP contribution in [0.2, 0.25) is 0 Å². The van der Waals surface area contributed by atoms with Gasteiger partial charge in [0.25, 0.3) is 0 Å². The fourth-order valence-corrected chi connectivity index (χ4v) is 2.63. The Bertz CT molecular complexity index is 521. The zero-order valence-electron chi connectivity index (χ0n) is 11.3. The maximum atomic E-state index is 2.69. The van der Waals surface area contributed by atoms with Crippen LogP contribution in [0.5, 0.6) is 0 Å². The summed E-state index contributed by atoms with van der Waals surface area (Å²) >= 11 is 0. The van der Waals surface area contributed by atoms with E-state index in [-0.39, 0.29) is 0 Å². The van der Waals surface area contributed by atoms with E-state index >= 15 is 0 Å². The van der Waals surface area contributed by atoms with Gasteiger partial charge in [-0.15, -0.1) is 0 Å². The highest BCUT2D eigenvalue weighted by Crippen LogP contribution is 2.34. The van der Waals surface area contributed by atoms with Crippen molar-refractivity contribution in [3.8, 4) is 11.1 Å². The molecule has 1 nitrogen and oxygen atoms in total. The summed E-state index contributed by atoms with van der Waals surface area (Å²) in [6, 6.07) is 17.4. The Kier molecular flexibility index (Phi) is 5.37. The molecule has 0 N–H and O–H groups in total. The number of hydrogen-bond acceptors (Lipinski definition) is 1. The van der Waals surface area contributed by atoms with Crippen LogP contribution >= 0.6 is 18.8 Å². The first-order chi connectivity index (χ1) is 9.22. The molecule has 0 fully saturated rings. The molecule has 0 saturated heterocycles. The number of aryl methyl sites for hydroxylation is 1. The molecule has 0 aliphatic carbocycles. The van der Waals surface area contributed by atoms with Gasteiger partial charge in [-0.25, -0.2) is 0 Å². The molecule has 0 heterocycles. The highest BCUT2D eigenvalue weighted by Gasteiger charge is 2.06. The van der Waals surface area contributed by atoms with Gasteiger partial charge in [0.15, 0.2) is 0 Å². The van der Waals surface area contributed by atoms with Crippen LogP contribution in [-0.2, 0) is 6.42 Å². The van der Waals surface area contributed by atoms with E-state index in [0.29, 0.717) is 0 Å². The van der Waals surface area contributed by atoms with Gasteiger partial charge in [0.2, 0.25) is 0 Å². The summed E-state index contributed by atoms with van der Waals surface area (Å²) in [5, 5.41) is 0. The SMILES string of the molecule is CCCCc1ccc(-c2ccccc2N(P)P)cc1. The minimum atomic E-state index is 1.18. The predicted octanol–water partition coefficient (Wildman–Crippen LogP) is 5.08. The van der Waals surface area contributed by atoms with Gasteiger partial charge in [0.1, 0.15) is 0 Å². The summed E-state index contributed by atoms with van der Waals surface area (Å²) in [7, 11) is 5.37. The van der Waals surface area contributed by atoms with Gasteiger partial charge in [0.05, 0.1) is 5.69 Å². The van der Waals surface area contributed by atoms with E-state index in [1.54, 1.807) is 0 Å². The summed E-state index contributed by atoms with van der Waals surface area (Å²) in [5.74, 6) is 0. The third-order valence-electron chi connectivity index (χ3n) is 3.27. The number of hydrogen-bond donors (Lipinski definition) is 0. The molecule has 0 saturated carbocycles. The first-order valence-corrected chi connectivity index (χ1v) is 7.73. The second-order valence-corrected chi connectivity index (χ2v) is 6.43. The van der Waals surface area contributed by atoms with Crippen LogP contribution in [0, 0.1) is 0 Å². The molecule has 2 unspecified atom stereocenters. The zero-order chi connectivity index (χ0) is 13.7. The van der Waals surface area contributed by atoms with Crippen LogP contribution < -0.4 is 4.44 Å². The highest BCUT2D eigenvalue weighted by atomic mass is 31.1. The summed E-state index contributed by atoms with van der Waals surface area (Å²) in [6.45, 7) is 2.23. The highest BCUT2D eigenvalue weighted by molar-refractivity contribution is 7.39. The molecule has 0 spiro atoms. The second-order valence-electron chi connectivity index (χ2n) is 4.72. The molecule has 19 heavy (non-hydrogen) atoms.